The lowest BCUT2D eigenvalue weighted by molar-refractivity contribution is 0.00530. The van der Waals surface area contributed by atoms with Crippen molar-refractivity contribution in [3.63, 3.8) is 0 Å². The number of ether oxygens (including phenoxy) is 2. The molecule has 0 radical (unpaired) electrons. The summed E-state index contributed by atoms with van der Waals surface area (Å²) >= 11 is 0. The van der Waals surface area contributed by atoms with E-state index in [1.807, 2.05) is 25.1 Å². The van der Waals surface area contributed by atoms with Crippen molar-refractivity contribution < 1.29 is 14.3 Å². The Morgan fingerprint density at radius 2 is 2.48 bits per heavy atom. The fourth-order valence-electron chi connectivity index (χ4n) is 2.78. The van der Waals surface area contributed by atoms with Gasteiger partial charge in [0.05, 0.1) is 19.2 Å². The van der Waals surface area contributed by atoms with Crippen molar-refractivity contribution in [2.45, 2.75) is 35.9 Å². The van der Waals surface area contributed by atoms with Gasteiger partial charge in [-0.25, -0.2) is 9.78 Å². The van der Waals surface area contributed by atoms with Gasteiger partial charge in [-0.3, -0.25) is 4.90 Å². The summed E-state index contributed by atoms with van der Waals surface area (Å²) in [6.07, 6.45) is 2.03. The quantitative estimate of drug-likeness (QED) is 0.600. The van der Waals surface area contributed by atoms with Crippen LogP contribution in [0.4, 0.5) is 4.79 Å². The molecule has 1 aromatic heterocycles. The molecule has 136 valence electrons. The Bertz CT molecular complexity index is 602. The van der Waals surface area contributed by atoms with Crippen LogP contribution in [-0.2, 0) is 9.47 Å². The highest BCUT2D eigenvalue weighted by Crippen LogP contribution is 2.33. The molecule has 2 fully saturated rings. The first kappa shape index (κ1) is 18.6. The van der Waals surface area contributed by atoms with E-state index in [-0.39, 0.29) is 23.6 Å². The van der Waals surface area contributed by atoms with Gasteiger partial charge in [0.1, 0.15) is 11.6 Å². The van der Waals surface area contributed by atoms with Gasteiger partial charge in [0, 0.05) is 18.0 Å². The lowest BCUT2D eigenvalue weighted by Gasteiger charge is -2.27. The van der Waals surface area contributed by atoms with Gasteiger partial charge in [-0.05, 0) is 36.3 Å². The highest BCUT2D eigenvalue weighted by molar-refractivity contribution is 8.76. The Hall–Kier alpha value is -1.22. The summed E-state index contributed by atoms with van der Waals surface area (Å²) in [5.41, 5.74) is 1.14. The predicted octanol–water partition coefficient (Wildman–Crippen LogP) is 2.92. The monoisotopic (exact) mass is 381 g/mol. The van der Waals surface area contributed by atoms with Gasteiger partial charge in [-0.1, -0.05) is 29.0 Å². The van der Waals surface area contributed by atoms with E-state index >= 15 is 0 Å². The van der Waals surface area contributed by atoms with Crippen molar-refractivity contribution in [1.29, 1.82) is 0 Å². The highest BCUT2D eigenvalue weighted by atomic mass is 33.1. The van der Waals surface area contributed by atoms with Crippen molar-refractivity contribution >= 4 is 27.7 Å². The number of hydrogen-bond acceptors (Lipinski definition) is 7. The smallest absolute Gasteiger partial charge is 0.412 e. The molecule has 1 N–H and O–H groups in total. The molecular weight excluding hydrogens is 358 g/mol. The van der Waals surface area contributed by atoms with E-state index in [9.17, 15) is 4.79 Å². The number of carbonyl (C=O) groups is 1. The maximum absolute atomic E-state index is 12.4. The maximum atomic E-state index is 12.4. The summed E-state index contributed by atoms with van der Waals surface area (Å²) < 4.78 is 11.2. The second-order valence-electron chi connectivity index (χ2n) is 6.13. The minimum atomic E-state index is -0.308. The summed E-state index contributed by atoms with van der Waals surface area (Å²) in [4.78, 5) is 18.4. The van der Waals surface area contributed by atoms with Gasteiger partial charge in [0.25, 0.3) is 0 Å². The van der Waals surface area contributed by atoms with Crippen molar-refractivity contribution in [2.24, 2.45) is 0 Å². The third-order valence-electron chi connectivity index (χ3n) is 4.01. The number of amides is 1. The molecule has 6 nitrogen and oxygen atoms in total. The van der Waals surface area contributed by atoms with Gasteiger partial charge in [-0.15, -0.1) is 0 Å². The van der Waals surface area contributed by atoms with Crippen LogP contribution in [-0.4, -0.2) is 59.8 Å². The Morgan fingerprint density at radius 1 is 1.60 bits per heavy atom. The molecule has 2 aliphatic heterocycles. The van der Waals surface area contributed by atoms with E-state index in [1.165, 1.54) is 0 Å². The zero-order valence-corrected chi connectivity index (χ0v) is 15.9. The average molecular weight is 382 g/mol. The van der Waals surface area contributed by atoms with E-state index in [2.05, 4.69) is 16.9 Å². The van der Waals surface area contributed by atoms with Crippen LogP contribution in [0.3, 0.4) is 0 Å². The topological polar surface area (TPSA) is 63.7 Å². The van der Waals surface area contributed by atoms with Crippen LogP contribution in [0.25, 0.3) is 0 Å². The number of nitrogens with one attached hydrogen (secondary N) is 1. The van der Waals surface area contributed by atoms with Crippen LogP contribution >= 0.6 is 21.6 Å². The highest BCUT2D eigenvalue weighted by Gasteiger charge is 2.38. The number of aromatic nitrogens is 1. The molecule has 2 saturated heterocycles. The molecule has 0 bridgehead atoms. The summed E-state index contributed by atoms with van der Waals surface area (Å²) in [5, 5.41) is 4.47. The molecule has 1 amide bonds. The number of nitrogens with zero attached hydrogens (tertiary/aromatic N) is 2. The van der Waals surface area contributed by atoms with Gasteiger partial charge < -0.3 is 14.8 Å². The van der Waals surface area contributed by atoms with Crippen LogP contribution in [0, 0.1) is 0 Å². The van der Waals surface area contributed by atoms with Gasteiger partial charge >= 0.3 is 6.09 Å². The second kappa shape index (κ2) is 8.93. The van der Waals surface area contributed by atoms with E-state index < -0.39 is 0 Å². The number of rotatable bonds is 6. The van der Waals surface area contributed by atoms with Crippen molar-refractivity contribution in [1.82, 2.24) is 15.2 Å². The molecule has 25 heavy (non-hydrogen) atoms. The number of carbonyl (C=O) groups excluding carboxylic acids is 1. The Kier molecular flexibility index (Phi) is 6.63. The number of hydrogen-bond donors (Lipinski definition) is 1. The molecule has 1 aromatic rings. The summed E-state index contributed by atoms with van der Waals surface area (Å²) in [6.45, 7) is 8.28. The van der Waals surface area contributed by atoms with Crippen molar-refractivity contribution in [2.75, 3.05) is 26.3 Å². The van der Waals surface area contributed by atoms with Crippen molar-refractivity contribution in [3.8, 4) is 0 Å². The first-order valence-electron chi connectivity index (χ1n) is 8.33. The van der Waals surface area contributed by atoms with Gasteiger partial charge in [0.2, 0.25) is 0 Å². The van der Waals surface area contributed by atoms with Crippen LogP contribution in [0.5, 0.6) is 0 Å². The molecule has 8 heteroatoms. The molecule has 2 unspecified atom stereocenters. The molecule has 2 aliphatic rings. The lowest BCUT2D eigenvalue weighted by Crippen LogP contribution is -2.47. The van der Waals surface area contributed by atoms with E-state index in [0.717, 1.165) is 23.6 Å². The summed E-state index contributed by atoms with van der Waals surface area (Å²) in [5.74, 6) is 0. The maximum Gasteiger partial charge on any atom is 0.412 e. The SMILES string of the molecule is C=C1CN[C@H](C2OCCN2C(=O)OCC(C)SSc2ccccn2)C1. The van der Waals surface area contributed by atoms with Crippen molar-refractivity contribution in [3.05, 3.63) is 36.5 Å². The number of pyridine rings is 1. The van der Waals surface area contributed by atoms with Gasteiger partial charge in [0.15, 0.2) is 6.23 Å². The fourth-order valence-corrected chi connectivity index (χ4v) is 4.65. The molecular formula is C17H23N3O3S2. The van der Waals surface area contributed by atoms with Crippen LogP contribution in [0.2, 0.25) is 0 Å². The normalized spacial score (nSPS) is 24.5. The minimum Gasteiger partial charge on any atom is -0.448 e. The van der Waals surface area contributed by atoms with Crippen LogP contribution in [0.1, 0.15) is 13.3 Å². The van der Waals surface area contributed by atoms with E-state index in [1.54, 1.807) is 32.7 Å². The molecule has 3 heterocycles. The molecule has 3 atom stereocenters. The van der Waals surface area contributed by atoms with Gasteiger partial charge in [-0.2, -0.15) is 0 Å². The largest absolute Gasteiger partial charge is 0.448 e. The molecule has 0 aliphatic carbocycles. The zero-order chi connectivity index (χ0) is 17.6. The summed E-state index contributed by atoms with van der Waals surface area (Å²) in [7, 11) is 3.23. The Balaban J connectivity index is 1.42. The average Bonchev–Trinajstić information content (AvgIpc) is 3.27. The minimum absolute atomic E-state index is 0.106. The van der Waals surface area contributed by atoms with E-state index in [0.29, 0.717) is 19.8 Å². The Labute approximate surface area is 156 Å². The predicted molar refractivity (Wildman–Crippen MR) is 100 cm³/mol. The summed E-state index contributed by atoms with van der Waals surface area (Å²) in [6, 6.07) is 5.92. The third kappa shape index (κ3) is 5.13. The zero-order valence-electron chi connectivity index (χ0n) is 14.2. The first-order chi connectivity index (χ1) is 12.1. The lowest BCUT2D eigenvalue weighted by atomic mass is 10.1. The molecule has 0 spiro atoms. The van der Waals surface area contributed by atoms with Crippen LogP contribution in [0.15, 0.2) is 41.6 Å². The first-order valence-corrected chi connectivity index (χ1v) is 10.5. The standard InChI is InChI=1S/C17H23N3O3S2/c1-12-9-14(19-10-12)16-20(7-8-22-16)17(21)23-11-13(2)24-25-15-5-3-4-6-18-15/h3-6,13-14,16,19H,1,7-11H2,2H3/t13?,14-,16?/m0/s1. The fraction of sp³-hybridized carbons (Fsp3) is 0.529. The molecule has 3 rings (SSSR count). The van der Waals surface area contributed by atoms with Crippen LogP contribution < -0.4 is 5.32 Å². The third-order valence-corrected chi connectivity index (χ3v) is 6.77. The Morgan fingerprint density at radius 3 is 3.20 bits per heavy atom. The van der Waals surface area contributed by atoms with E-state index in [4.69, 9.17) is 9.47 Å². The molecule has 0 saturated carbocycles. The second-order valence-corrected chi connectivity index (χ2v) is 8.79. The molecule has 0 aromatic carbocycles.